The molecule has 0 aliphatic carbocycles. The van der Waals surface area contributed by atoms with Crippen molar-refractivity contribution in [1.29, 1.82) is 0 Å². The quantitative estimate of drug-likeness (QED) is 0.109. The van der Waals surface area contributed by atoms with Crippen LogP contribution in [0.25, 0.3) is 54.0 Å². The summed E-state index contributed by atoms with van der Waals surface area (Å²) in [4.78, 5) is 8.77. The van der Waals surface area contributed by atoms with E-state index in [0.29, 0.717) is 6.42 Å². The van der Waals surface area contributed by atoms with Gasteiger partial charge in [0.05, 0.1) is 40.8 Å². The Labute approximate surface area is 218 Å². The van der Waals surface area contributed by atoms with Crippen LogP contribution >= 0.6 is 0 Å². The summed E-state index contributed by atoms with van der Waals surface area (Å²) < 4.78 is 4.65. The van der Waals surface area contributed by atoms with Crippen molar-refractivity contribution in [2.45, 2.75) is 66.8 Å². The average molecular weight is 488 g/mol. The minimum absolute atomic E-state index is 0.226. The van der Waals surface area contributed by atoms with Gasteiger partial charge in [0.15, 0.2) is 5.52 Å². The first-order valence-electron chi connectivity index (χ1n) is 13.2. The molecule has 3 aromatic carbocycles. The van der Waals surface area contributed by atoms with Crippen molar-refractivity contribution in [3.8, 4) is 0 Å². The number of pyridine rings is 1. The smallest absolute Gasteiger partial charge is 0.287 e. The van der Waals surface area contributed by atoms with E-state index in [1.807, 2.05) is 20.2 Å². The molecule has 0 aliphatic rings. The van der Waals surface area contributed by atoms with Gasteiger partial charge in [-0.2, -0.15) is 0 Å². The number of benzene rings is 3. The lowest BCUT2D eigenvalue weighted by molar-refractivity contribution is -0.646. The van der Waals surface area contributed by atoms with Gasteiger partial charge in [-0.3, -0.25) is 0 Å². The summed E-state index contributed by atoms with van der Waals surface area (Å²) in [6, 6.07) is 13.9. The van der Waals surface area contributed by atoms with E-state index in [0.717, 1.165) is 17.5 Å². The summed E-state index contributed by atoms with van der Waals surface area (Å²) in [5.41, 5.74) is 10.8. The Hall–Kier alpha value is -3.71. The second-order valence-corrected chi connectivity index (χ2v) is 12.8. The molecule has 0 bridgehead atoms. The Balaban J connectivity index is 1.86. The first kappa shape index (κ1) is 23.7. The summed E-state index contributed by atoms with van der Waals surface area (Å²) in [6.07, 6.45) is 3.67. The lowest BCUT2D eigenvalue weighted by atomic mass is 9.87. The summed E-state index contributed by atoms with van der Waals surface area (Å²) in [5.74, 6) is 0. The van der Waals surface area contributed by atoms with Crippen LogP contribution in [-0.2, 0) is 19.9 Å². The third-order valence-corrected chi connectivity index (χ3v) is 7.90. The highest BCUT2D eigenvalue weighted by Crippen LogP contribution is 2.42. The molecule has 0 radical (unpaired) electrons. The highest BCUT2D eigenvalue weighted by Gasteiger charge is 2.28. The van der Waals surface area contributed by atoms with E-state index in [4.69, 9.17) is 11.6 Å². The van der Waals surface area contributed by atoms with E-state index in [-0.39, 0.29) is 5.41 Å². The average Bonchev–Trinajstić information content (AvgIpc) is 3.12. The van der Waals surface area contributed by atoms with Crippen LogP contribution in [0.1, 0.15) is 56.9 Å². The Kier molecular flexibility index (Phi) is 4.89. The van der Waals surface area contributed by atoms with Crippen LogP contribution < -0.4 is 4.57 Å². The molecule has 0 aliphatic heterocycles. The Morgan fingerprint density at radius 3 is 2.35 bits per heavy atom. The number of aryl methyl sites for hydroxylation is 3. The van der Waals surface area contributed by atoms with Crippen LogP contribution in [0.3, 0.4) is 0 Å². The number of fused-ring (bicyclic) bond motifs is 5. The molecule has 0 fully saturated rings. The molecule has 0 atom stereocenters. The van der Waals surface area contributed by atoms with E-state index >= 15 is 0 Å². The second kappa shape index (κ2) is 7.65. The van der Waals surface area contributed by atoms with E-state index in [9.17, 15) is 0 Å². The zero-order valence-electron chi connectivity index (χ0n) is 23.2. The largest absolute Gasteiger partial charge is 0.311 e. The molecule has 0 saturated carbocycles. The van der Waals surface area contributed by atoms with E-state index in [1.165, 1.54) is 60.3 Å². The maximum Gasteiger partial charge on any atom is 0.287 e. The molecule has 3 heterocycles. The van der Waals surface area contributed by atoms with Crippen LogP contribution in [0.4, 0.5) is 0 Å². The molecule has 37 heavy (non-hydrogen) atoms. The highest BCUT2D eigenvalue weighted by atomic mass is 15.0. The van der Waals surface area contributed by atoms with E-state index < -0.39 is 5.54 Å². The third kappa shape index (κ3) is 3.55. The van der Waals surface area contributed by atoms with Gasteiger partial charge in [0.25, 0.3) is 6.33 Å². The first-order valence-corrected chi connectivity index (χ1v) is 13.2. The van der Waals surface area contributed by atoms with Crippen LogP contribution in [0.5, 0.6) is 0 Å². The molecule has 0 N–H and O–H groups in total. The number of rotatable bonds is 3. The first-order chi connectivity index (χ1) is 17.4. The van der Waals surface area contributed by atoms with Gasteiger partial charge in [-0.05, 0) is 83.3 Å². The molecule has 6 rings (SSSR count). The second-order valence-electron chi connectivity index (χ2n) is 12.8. The predicted octanol–water partition coefficient (Wildman–Crippen LogP) is 7.66. The normalized spacial score (nSPS) is 13.1. The third-order valence-electron chi connectivity index (χ3n) is 7.90. The maximum atomic E-state index is 7.69. The fraction of sp³-hybridized carbons (Fsp3) is 0.364. The van der Waals surface area contributed by atoms with Crippen molar-refractivity contribution in [1.82, 2.24) is 9.38 Å². The number of hydrogen-bond acceptors (Lipinski definition) is 1. The summed E-state index contributed by atoms with van der Waals surface area (Å²) in [7, 11) is 2.11. The van der Waals surface area contributed by atoms with Gasteiger partial charge in [-0.1, -0.05) is 26.8 Å². The summed E-state index contributed by atoms with van der Waals surface area (Å²) >= 11 is 0. The zero-order valence-corrected chi connectivity index (χ0v) is 23.2. The molecule has 3 aromatic heterocycles. The highest BCUT2D eigenvalue weighted by molar-refractivity contribution is 6.25. The van der Waals surface area contributed by atoms with Gasteiger partial charge in [-0.25, -0.2) is 11.1 Å². The van der Waals surface area contributed by atoms with Crippen molar-refractivity contribution < 1.29 is 4.57 Å². The SMILES string of the molecule is [C-]#[N+]C(C)(C)Cc1cc2nc[n+](C)c3c4c(C)c(C)cc5c6cc(CC(C)(C)C)ccc6n(c(c1)c23)c54. The van der Waals surface area contributed by atoms with Crippen LogP contribution in [0, 0.1) is 25.8 Å². The maximum absolute atomic E-state index is 7.69. The number of aromatic nitrogens is 3. The monoisotopic (exact) mass is 487 g/mol. The lowest BCUT2D eigenvalue weighted by Gasteiger charge is -2.18. The molecule has 4 nitrogen and oxygen atoms in total. The zero-order chi connectivity index (χ0) is 26.4. The van der Waals surface area contributed by atoms with Crippen LogP contribution in [0.2, 0.25) is 0 Å². The van der Waals surface area contributed by atoms with Crippen molar-refractivity contribution >= 4 is 49.1 Å². The van der Waals surface area contributed by atoms with E-state index in [2.05, 4.69) is 91.9 Å². The van der Waals surface area contributed by atoms with Gasteiger partial charge in [0.2, 0.25) is 5.54 Å². The molecule has 6 aromatic rings. The molecular formula is C33H35N4+. The minimum Gasteiger partial charge on any atom is -0.311 e. The topological polar surface area (TPSA) is 25.5 Å². The molecule has 0 spiro atoms. The van der Waals surface area contributed by atoms with Gasteiger partial charge in [0.1, 0.15) is 5.52 Å². The molecular weight excluding hydrogens is 452 g/mol. The molecule has 4 heteroatoms. The van der Waals surface area contributed by atoms with Crippen LogP contribution in [-0.4, -0.2) is 14.9 Å². The lowest BCUT2D eigenvalue weighted by Crippen LogP contribution is -2.30. The summed E-state index contributed by atoms with van der Waals surface area (Å²) in [5, 5.41) is 5.12. The van der Waals surface area contributed by atoms with Crippen molar-refractivity contribution in [2.24, 2.45) is 12.5 Å². The minimum atomic E-state index is -0.459. The molecule has 0 saturated heterocycles. The number of hydrogen-bond donors (Lipinski definition) is 0. The molecule has 0 amide bonds. The van der Waals surface area contributed by atoms with Gasteiger partial charge < -0.3 is 9.25 Å². The Morgan fingerprint density at radius 2 is 1.65 bits per heavy atom. The van der Waals surface area contributed by atoms with Gasteiger partial charge >= 0.3 is 0 Å². The molecule has 0 unspecified atom stereocenters. The van der Waals surface area contributed by atoms with Gasteiger partial charge in [0, 0.05) is 24.6 Å². The van der Waals surface area contributed by atoms with Crippen molar-refractivity contribution in [3.63, 3.8) is 0 Å². The standard InChI is InChI=1S/C33H35N4/c1-19-12-24-23-13-21(16-32(3,4)5)10-11-26(23)37-27-15-22(17-33(6,7)34-8)14-25-29(27)31(36(9)18-35-25)28(20(19)2)30(24)37/h10-15,18H,16-17H2,1-7,9H3/q+1. The summed E-state index contributed by atoms with van der Waals surface area (Å²) in [6.45, 7) is 23.1. The van der Waals surface area contributed by atoms with Gasteiger partial charge in [-0.15, -0.1) is 0 Å². The fourth-order valence-electron chi connectivity index (χ4n) is 6.23. The Bertz CT molecular complexity index is 1920. The van der Waals surface area contributed by atoms with E-state index in [1.54, 1.807) is 0 Å². The Morgan fingerprint density at radius 1 is 0.892 bits per heavy atom. The van der Waals surface area contributed by atoms with Crippen molar-refractivity contribution in [2.75, 3.05) is 0 Å². The van der Waals surface area contributed by atoms with Crippen LogP contribution in [0.15, 0.2) is 42.7 Å². The molecule has 186 valence electrons. The predicted molar refractivity (Wildman–Crippen MR) is 155 cm³/mol. The number of nitrogens with zero attached hydrogens (tertiary/aromatic N) is 4. The van der Waals surface area contributed by atoms with Crippen molar-refractivity contribution in [3.05, 3.63) is 76.4 Å². The fourth-order valence-corrected chi connectivity index (χ4v) is 6.23.